The smallest absolute Gasteiger partial charge is 0.305 e. The molecule has 2 aliphatic rings. The lowest BCUT2D eigenvalue weighted by Crippen LogP contribution is -2.66. The normalized spacial score (nSPS) is 21.8. The third kappa shape index (κ3) is 9.38. The zero-order chi connectivity index (χ0) is 37.3. The van der Waals surface area contributed by atoms with E-state index in [1.807, 2.05) is 11.3 Å². The molecule has 1 aliphatic carbocycles. The molecule has 1 aliphatic heterocycles. The molecule has 7 heteroatoms. The number of hydrogen-bond acceptors (Lipinski definition) is 6. The molecule has 1 aromatic heterocycles. The molecule has 0 radical (unpaired) electrons. The Hall–Kier alpha value is -3.59. The molecule has 6 rings (SSSR count). The maximum Gasteiger partial charge on any atom is 0.305 e. The van der Waals surface area contributed by atoms with Gasteiger partial charge >= 0.3 is 5.97 Å². The van der Waals surface area contributed by atoms with Gasteiger partial charge in [0, 0.05) is 28.5 Å². The fourth-order valence-electron chi connectivity index (χ4n) is 8.09. The number of fused-ring (bicyclic) bond motifs is 1. The van der Waals surface area contributed by atoms with Crippen LogP contribution in [-0.4, -0.2) is 40.4 Å². The number of thiophene rings is 1. The molecule has 0 bridgehead atoms. The van der Waals surface area contributed by atoms with Gasteiger partial charge in [0.25, 0.3) is 8.32 Å². The third-order valence-corrected chi connectivity index (χ3v) is 17.0. The number of rotatable bonds is 15. The molecule has 5 nitrogen and oxygen atoms in total. The van der Waals surface area contributed by atoms with Crippen molar-refractivity contribution in [1.82, 2.24) is 0 Å². The second-order valence-electron chi connectivity index (χ2n) is 15.5. The average molecular weight is 749 g/mol. The monoisotopic (exact) mass is 748 g/mol. The molecular weight excluding hydrogens is 693 g/mol. The Kier molecular flexibility index (Phi) is 13.4. The van der Waals surface area contributed by atoms with Crippen molar-refractivity contribution in [3.63, 3.8) is 0 Å². The van der Waals surface area contributed by atoms with Crippen molar-refractivity contribution in [3.8, 4) is 0 Å². The fraction of sp³-hybridized carbons (Fsp3) is 0.413. The van der Waals surface area contributed by atoms with E-state index >= 15 is 0 Å². The highest BCUT2D eigenvalue weighted by Gasteiger charge is 2.51. The van der Waals surface area contributed by atoms with Gasteiger partial charge in [0.05, 0.1) is 19.3 Å². The number of benzene rings is 3. The quantitative estimate of drug-likeness (QED) is 0.0524. The molecule has 0 amide bonds. The number of hydrogen-bond donors (Lipinski definition) is 0. The Balaban J connectivity index is 1.37. The maximum atomic E-state index is 11.6. The second kappa shape index (κ2) is 18.2. The van der Waals surface area contributed by atoms with Crippen LogP contribution in [0, 0.1) is 11.8 Å². The lowest BCUT2D eigenvalue weighted by Gasteiger charge is -2.44. The highest BCUT2D eigenvalue weighted by atomic mass is 32.1. The van der Waals surface area contributed by atoms with Crippen molar-refractivity contribution in [1.29, 1.82) is 0 Å². The van der Waals surface area contributed by atoms with Crippen molar-refractivity contribution < 1.29 is 23.4 Å². The SMILES string of the molecule is C=C1C[C@H](OC2CCCCO2)[C@H](C/C=C/CCCC(=O)OC)[C@H]1/C=C/[C@@H](O[Si](c1ccccc1)(c1ccccc1)C(C)(C)C)c1cc2ccccc2s1. The number of unbranched alkanes of at least 4 members (excludes halogenated alkanes) is 1. The summed E-state index contributed by atoms with van der Waals surface area (Å²) in [6, 6.07) is 32.7. The lowest BCUT2D eigenvalue weighted by molar-refractivity contribution is -0.194. The molecule has 4 aromatic rings. The van der Waals surface area contributed by atoms with Crippen LogP contribution in [0.1, 0.15) is 83.1 Å². The molecule has 1 saturated carbocycles. The molecule has 0 spiro atoms. The van der Waals surface area contributed by atoms with E-state index in [0.29, 0.717) is 6.42 Å². The summed E-state index contributed by atoms with van der Waals surface area (Å²) in [5.41, 5.74) is 1.19. The van der Waals surface area contributed by atoms with Crippen molar-refractivity contribution in [3.05, 3.63) is 132 Å². The predicted octanol–water partition coefficient (Wildman–Crippen LogP) is 10.5. The molecule has 3 aromatic carbocycles. The summed E-state index contributed by atoms with van der Waals surface area (Å²) >= 11 is 1.82. The van der Waals surface area contributed by atoms with E-state index in [2.05, 4.69) is 143 Å². The highest BCUT2D eigenvalue weighted by molar-refractivity contribution is 7.19. The van der Waals surface area contributed by atoms with Crippen LogP contribution in [0.25, 0.3) is 10.1 Å². The van der Waals surface area contributed by atoms with Crippen LogP contribution in [0.3, 0.4) is 0 Å². The first kappa shape index (κ1) is 39.1. The van der Waals surface area contributed by atoms with Crippen molar-refractivity contribution >= 4 is 46.1 Å². The minimum Gasteiger partial charge on any atom is -0.469 e. The number of carbonyl (C=O) groups excluding carboxylic acids is 1. The van der Waals surface area contributed by atoms with Gasteiger partial charge in [-0.1, -0.05) is 136 Å². The zero-order valence-corrected chi connectivity index (χ0v) is 33.7. The van der Waals surface area contributed by atoms with Crippen molar-refractivity contribution in [2.75, 3.05) is 13.7 Å². The van der Waals surface area contributed by atoms with Crippen LogP contribution >= 0.6 is 11.3 Å². The van der Waals surface area contributed by atoms with Gasteiger partial charge in [-0.2, -0.15) is 0 Å². The van der Waals surface area contributed by atoms with E-state index < -0.39 is 8.32 Å². The summed E-state index contributed by atoms with van der Waals surface area (Å²) in [7, 11) is -1.45. The number of esters is 1. The van der Waals surface area contributed by atoms with Crippen LogP contribution in [0.15, 0.2) is 127 Å². The summed E-state index contributed by atoms with van der Waals surface area (Å²) in [6.07, 6.45) is 15.6. The van der Waals surface area contributed by atoms with Crippen LogP contribution in [0.5, 0.6) is 0 Å². The summed E-state index contributed by atoms with van der Waals surface area (Å²) in [6.45, 7) is 12.4. The Bertz CT molecular complexity index is 1760. The molecule has 0 N–H and O–H groups in total. The molecule has 280 valence electrons. The first-order valence-corrected chi connectivity index (χ1v) is 22.0. The fourth-order valence-corrected chi connectivity index (χ4v) is 13.9. The molecule has 5 atom stereocenters. The van der Waals surface area contributed by atoms with E-state index in [1.165, 1.54) is 38.0 Å². The van der Waals surface area contributed by atoms with E-state index in [1.54, 1.807) is 0 Å². The second-order valence-corrected chi connectivity index (χ2v) is 20.8. The van der Waals surface area contributed by atoms with Gasteiger partial charge in [-0.25, -0.2) is 0 Å². The van der Waals surface area contributed by atoms with Gasteiger partial charge in [0.15, 0.2) is 6.29 Å². The first-order valence-electron chi connectivity index (χ1n) is 19.3. The van der Waals surface area contributed by atoms with Crippen molar-refractivity contribution in [2.24, 2.45) is 11.8 Å². The standard InChI is InChI=1S/C46H56O5SSi/c1-34-32-41(50-45-28-18-19-31-49-45)39(25-14-6-7-15-27-44(47)48-5)38(34)29-30-40(43-33-35-20-16-17-26-42(35)52-43)51-53(46(2,3)4,36-21-10-8-11-22-36)37-23-12-9-13-24-37/h6,8-14,16-17,20-24,26,29-30,33,38-41,45H,1,7,15,18-19,25,27-28,31-32H2,2-5H3/b14-6+,30-29+/t38-,39+,40+,41-,45?/m0/s1. The molecule has 1 unspecified atom stereocenters. The van der Waals surface area contributed by atoms with Crippen molar-refractivity contribution in [2.45, 2.75) is 95.7 Å². The Morgan fingerprint density at radius 1 is 0.981 bits per heavy atom. The molecule has 53 heavy (non-hydrogen) atoms. The number of ether oxygens (including phenoxy) is 3. The van der Waals surface area contributed by atoms with Gasteiger partial charge in [-0.05, 0) is 83.8 Å². The number of methoxy groups -OCH3 is 1. The minimum atomic E-state index is -2.90. The van der Waals surface area contributed by atoms with Gasteiger partial charge in [-0.15, -0.1) is 11.3 Å². The molecular formula is C46H56O5SSi. The molecule has 1 saturated heterocycles. The topological polar surface area (TPSA) is 54.0 Å². The average Bonchev–Trinajstić information content (AvgIpc) is 3.73. The minimum absolute atomic E-state index is 0.0142. The molecule has 2 heterocycles. The number of carbonyl (C=O) groups is 1. The van der Waals surface area contributed by atoms with E-state index in [-0.39, 0.29) is 41.3 Å². The zero-order valence-electron chi connectivity index (χ0n) is 31.9. The van der Waals surface area contributed by atoms with E-state index in [4.69, 9.17) is 18.6 Å². The van der Waals surface area contributed by atoms with Gasteiger partial charge < -0.3 is 18.6 Å². The summed E-state index contributed by atoms with van der Waals surface area (Å²) in [5, 5.41) is 3.59. The third-order valence-electron chi connectivity index (χ3n) is 10.8. The van der Waals surface area contributed by atoms with Crippen LogP contribution in [0.2, 0.25) is 5.04 Å². The Morgan fingerprint density at radius 3 is 2.32 bits per heavy atom. The molecule has 2 fully saturated rings. The largest absolute Gasteiger partial charge is 0.469 e. The van der Waals surface area contributed by atoms with Crippen LogP contribution < -0.4 is 10.4 Å². The highest BCUT2D eigenvalue weighted by Crippen LogP contribution is 2.45. The lowest BCUT2D eigenvalue weighted by atomic mass is 9.89. The number of allylic oxidation sites excluding steroid dienone is 3. The van der Waals surface area contributed by atoms with Crippen LogP contribution in [-0.2, 0) is 23.4 Å². The van der Waals surface area contributed by atoms with Gasteiger partial charge in [-0.3, -0.25) is 4.79 Å². The predicted molar refractivity (Wildman–Crippen MR) is 221 cm³/mol. The van der Waals surface area contributed by atoms with Gasteiger partial charge in [0.2, 0.25) is 0 Å². The first-order chi connectivity index (χ1) is 25.7. The van der Waals surface area contributed by atoms with E-state index in [9.17, 15) is 4.79 Å². The Labute approximate surface area is 321 Å². The maximum absolute atomic E-state index is 11.6. The van der Waals surface area contributed by atoms with E-state index in [0.717, 1.165) is 51.6 Å². The summed E-state index contributed by atoms with van der Waals surface area (Å²) in [4.78, 5) is 12.8. The summed E-state index contributed by atoms with van der Waals surface area (Å²) < 4.78 is 26.7. The Morgan fingerprint density at radius 2 is 1.68 bits per heavy atom. The van der Waals surface area contributed by atoms with Crippen LogP contribution in [0.4, 0.5) is 0 Å². The summed E-state index contributed by atoms with van der Waals surface area (Å²) in [5.74, 6) is 0.158. The van der Waals surface area contributed by atoms with Gasteiger partial charge in [0.1, 0.15) is 0 Å².